The number of halogens is 2. The van der Waals surface area contributed by atoms with Crippen molar-refractivity contribution in [3.63, 3.8) is 0 Å². The Morgan fingerprint density at radius 3 is 2.64 bits per heavy atom. The monoisotopic (exact) mass is 201 g/mol. The van der Waals surface area contributed by atoms with Gasteiger partial charge in [-0.25, -0.2) is 4.39 Å². The average Bonchev–Trinajstić information content (AvgIpc) is 2.15. The van der Waals surface area contributed by atoms with Crippen molar-refractivity contribution < 1.29 is 13.9 Å². The largest absolute Gasteiger partial charge is 0.505 e. The zero-order chi connectivity index (χ0) is 10.7. The van der Waals surface area contributed by atoms with Crippen LogP contribution in [0, 0.1) is 11.6 Å². The van der Waals surface area contributed by atoms with Gasteiger partial charge in [0.1, 0.15) is 0 Å². The van der Waals surface area contributed by atoms with Gasteiger partial charge in [-0.05, 0) is 12.5 Å². The van der Waals surface area contributed by atoms with E-state index in [1.165, 1.54) is 6.07 Å². The maximum Gasteiger partial charge on any atom is 0.200 e. The highest BCUT2D eigenvalue weighted by Gasteiger charge is 2.16. The van der Waals surface area contributed by atoms with Crippen LogP contribution in [0.1, 0.15) is 31.4 Å². The van der Waals surface area contributed by atoms with E-state index < -0.39 is 23.4 Å². The minimum Gasteiger partial charge on any atom is -0.505 e. The Hall–Kier alpha value is -1.16. The molecule has 1 rings (SSSR count). The summed E-state index contributed by atoms with van der Waals surface area (Å²) in [6, 6.07) is 1.84. The number of benzene rings is 1. The van der Waals surface area contributed by atoms with Crippen LogP contribution in [0.3, 0.4) is 0 Å². The Bertz CT molecular complexity index is 328. The lowest BCUT2D eigenvalue weighted by atomic mass is 10.0. The topological polar surface area (TPSA) is 46.2 Å². The maximum absolute atomic E-state index is 12.9. The van der Waals surface area contributed by atoms with E-state index in [9.17, 15) is 13.9 Å². The van der Waals surface area contributed by atoms with Crippen molar-refractivity contribution in [1.82, 2.24) is 0 Å². The smallest absolute Gasteiger partial charge is 0.200 e. The molecular weight excluding hydrogens is 188 g/mol. The number of hydrogen-bond acceptors (Lipinski definition) is 2. The van der Waals surface area contributed by atoms with Gasteiger partial charge in [0.2, 0.25) is 5.82 Å². The highest BCUT2D eigenvalue weighted by molar-refractivity contribution is 5.36. The first kappa shape index (κ1) is 10.9. The van der Waals surface area contributed by atoms with Gasteiger partial charge in [0.15, 0.2) is 11.6 Å². The number of phenols is 1. The highest BCUT2D eigenvalue weighted by Crippen LogP contribution is 2.29. The first-order valence-electron chi connectivity index (χ1n) is 4.50. The molecule has 3 N–H and O–H groups in total. The van der Waals surface area contributed by atoms with E-state index >= 15 is 0 Å². The highest BCUT2D eigenvalue weighted by atomic mass is 19.2. The molecule has 0 aromatic heterocycles. The molecular formula is C10H13F2NO. The fourth-order valence-electron chi connectivity index (χ4n) is 1.32. The van der Waals surface area contributed by atoms with Crippen LogP contribution in [0.5, 0.6) is 5.75 Å². The molecule has 0 saturated carbocycles. The second-order valence-corrected chi connectivity index (χ2v) is 3.19. The van der Waals surface area contributed by atoms with Crippen LogP contribution in [0.25, 0.3) is 0 Å². The van der Waals surface area contributed by atoms with E-state index in [1.807, 2.05) is 6.92 Å². The SMILES string of the molecule is CCC[C@@H](N)c1ccc(F)c(F)c1O. The molecule has 4 heteroatoms. The van der Waals surface area contributed by atoms with Gasteiger partial charge < -0.3 is 10.8 Å². The molecule has 0 radical (unpaired) electrons. The van der Waals surface area contributed by atoms with Crippen LogP contribution >= 0.6 is 0 Å². The second-order valence-electron chi connectivity index (χ2n) is 3.19. The molecule has 78 valence electrons. The van der Waals surface area contributed by atoms with E-state index in [-0.39, 0.29) is 5.56 Å². The Morgan fingerprint density at radius 1 is 1.43 bits per heavy atom. The van der Waals surface area contributed by atoms with Gasteiger partial charge in [-0.2, -0.15) is 4.39 Å². The first-order valence-corrected chi connectivity index (χ1v) is 4.50. The Labute approximate surface area is 81.4 Å². The molecule has 1 atom stereocenters. The number of nitrogens with two attached hydrogens (primary N) is 1. The summed E-state index contributed by atoms with van der Waals surface area (Å²) in [5.74, 6) is -2.96. The molecule has 0 fully saturated rings. The quantitative estimate of drug-likeness (QED) is 0.789. The fourth-order valence-corrected chi connectivity index (χ4v) is 1.32. The lowest BCUT2D eigenvalue weighted by Gasteiger charge is -2.12. The van der Waals surface area contributed by atoms with Crippen molar-refractivity contribution >= 4 is 0 Å². The molecule has 0 heterocycles. The second kappa shape index (κ2) is 4.37. The van der Waals surface area contributed by atoms with Crippen molar-refractivity contribution in [3.05, 3.63) is 29.3 Å². The van der Waals surface area contributed by atoms with Gasteiger partial charge in [0, 0.05) is 11.6 Å². The predicted molar refractivity (Wildman–Crippen MR) is 49.9 cm³/mol. The van der Waals surface area contributed by atoms with Crippen LogP contribution in [-0.4, -0.2) is 5.11 Å². The molecule has 1 aromatic carbocycles. The normalized spacial score (nSPS) is 12.9. The van der Waals surface area contributed by atoms with Crippen molar-refractivity contribution in [2.75, 3.05) is 0 Å². The van der Waals surface area contributed by atoms with E-state index in [4.69, 9.17) is 5.73 Å². The molecule has 0 aliphatic rings. The molecule has 0 aliphatic carbocycles. The summed E-state index contributed by atoms with van der Waals surface area (Å²) in [6.45, 7) is 1.93. The van der Waals surface area contributed by atoms with E-state index in [0.29, 0.717) is 6.42 Å². The van der Waals surface area contributed by atoms with Gasteiger partial charge in [-0.15, -0.1) is 0 Å². The van der Waals surface area contributed by atoms with Crippen LogP contribution in [0.2, 0.25) is 0 Å². The summed E-state index contributed by atoms with van der Waals surface area (Å²) in [5.41, 5.74) is 5.93. The zero-order valence-electron chi connectivity index (χ0n) is 7.93. The summed E-state index contributed by atoms with van der Waals surface area (Å²) >= 11 is 0. The van der Waals surface area contributed by atoms with Crippen LogP contribution in [-0.2, 0) is 0 Å². The molecule has 0 amide bonds. The average molecular weight is 201 g/mol. The molecule has 0 spiro atoms. The minimum absolute atomic E-state index is 0.255. The van der Waals surface area contributed by atoms with Gasteiger partial charge in [0.05, 0.1) is 0 Å². The Balaban J connectivity index is 3.04. The lowest BCUT2D eigenvalue weighted by molar-refractivity contribution is 0.395. The Morgan fingerprint density at radius 2 is 2.07 bits per heavy atom. The number of phenolic OH excluding ortho intramolecular Hbond substituents is 1. The molecule has 0 saturated heterocycles. The summed E-state index contributed by atoms with van der Waals surface area (Å²) in [6.07, 6.45) is 1.44. The Kier molecular flexibility index (Phi) is 3.41. The van der Waals surface area contributed by atoms with E-state index in [1.54, 1.807) is 0 Å². The van der Waals surface area contributed by atoms with Gasteiger partial charge in [0.25, 0.3) is 0 Å². The van der Waals surface area contributed by atoms with Crippen molar-refractivity contribution in [2.24, 2.45) is 5.73 Å². The van der Waals surface area contributed by atoms with Crippen molar-refractivity contribution in [1.29, 1.82) is 0 Å². The third-order valence-corrected chi connectivity index (χ3v) is 2.10. The lowest BCUT2D eigenvalue weighted by Crippen LogP contribution is -2.10. The van der Waals surface area contributed by atoms with Gasteiger partial charge in [-0.1, -0.05) is 19.4 Å². The molecule has 2 nitrogen and oxygen atoms in total. The summed E-state index contributed by atoms with van der Waals surface area (Å²) in [4.78, 5) is 0. The molecule has 1 aromatic rings. The number of aromatic hydroxyl groups is 1. The van der Waals surface area contributed by atoms with Crippen LogP contribution < -0.4 is 5.73 Å². The maximum atomic E-state index is 12.9. The van der Waals surface area contributed by atoms with Crippen LogP contribution in [0.15, 0.2) is 12.1 Å². The third kappa shape index (κ3) is 2.01. The molecule has 0 unspecified atom stereocenters. The third-order valence-electron chi connectivity index (χ3n) is 2.10. The predicted octanol–water partition coefficient (Wildman–Crippen LogP) is 2.47. The van der Waals surface area contributed by atoms with Crippen LogP contribution in [0.4, 0.5) is 8.78 Å². The van der Waals surface area contributed by atoms with Gasteiger partial charge in [-0.3, -0.25) is 0 Å². The van der Waals surface area contributed by atoms with E-state index in [2.05, 4.69) is 0 Å². The number of hydrogen-bond donors (Lipinski definition) is 2. The summed E-state index contributed by atoms with van der Waals surface area (Å²) in [7, 11) is 0. The first-order chi connectivity index (χ1) is 6.57. The molecule has 0 bridgehead atoms. The number of rotatable bonds is 3. The standard InChI is InChI=1S/C10H13F2NO/c1-2-3-8(13)6-4-5-7(11)9(12)10(6)14/h4-5,8,14H,2-3,13H2,1H3/t8-/m1/s1. The van der Waals surface area contributed by atoms with Gasteiger partial charge >= 0.3 is 0 Å². The minimum atomic E-state index is -1.23. The van der Waals surface area contributed by atoms with Crippen molar-refractivity contribution in [3.8, 4) is 5.75 Å². The fraction of sp³-hybridized carbons (Fsp3) is 0.400. The zero-order valence-corrected chi connectivity index (χ0v) is 7.93. The summed E-state index contributed by atoms with van der Waals surface area (Å²) < 4.78 is 25.5. The van der Waals surface area contributed by atoms with E-state index in [0.717, 1.165) is 12.5 Å². The summed E-state index contributed by atoms with van der Waals surface area (Å²) in [5, 5.41) is 9.28. The molecule has 0 aliphatic heterocycles. The van der Waals surface area contributed by atoms with Crippen molar-refractivity contribution in [2.45, 2.75) is 25.8 Å². The molecule has 14 heavy (non-hydrogen) atoms.